The predicted octanol–water partition coefficient (Wildman–Crippen LogP) is 1.47. The largest absolute Gasteiger partial charge is 0.496 e. The van der Waals surface area contributed by atoms with E-state index >= 15 is 0 Å². The number of hydrogen-bond acceptors (Lipinski definition) is 6. The zero-order valence-corrected chi connectivity index (χ0v) is 12.8. The van der Waals surface area contributed by atoms with Gasteiger partial charge >= 0.3 is 0 Å². The summed E-state index contributed by atoms with van der Waals surface area (Å²) in [7, 11) is 3.27. The first-order valence-corrected chi connectivity index (χ1v) is 6.92. The maximum atomic E-state index is 5.74. The molecule has 0 radical (unpaired) electrons. The third kappa shape index (κ3) is 7.87. The summed E-state index contributed by atoms with van der Waals surface area (Å²) < 4.78 is 26.3. The van der Waals surface area contributed by atoms with Crippen molar-refractivity contribution in [3.8, 4) is 5.75 Å². The molecule has 0 spiro atoms. The molecule has 0 aliphatic heterocycles. The van der Waals surface area contributed by atoms with Gasteiger partial charge in [-0.2, -0.15) is 0 Å². The molecule has 1 aromatic carbocycles. The molecule has 0 saturated heterocycles. The van der Waals surface area contributed by atoms with Gasteiger partial charge in [-0.05, 0) is 18.2 Å². The lowest BCUT2D eigenvalue weighted by Gasteiger charge is -2.10. The molecule has 6 nitrogen and oxygen atoms in total. The zero-order chi connectivity index (χ0) is 15.3. The average molecular weight is 299 g/mol. The van der Waals surface area contributed by atoms with E-state index < -0.39 is 0 Å². The maximum absolute atomic E-state index is 5.74. The van der Waals surface area contributed by atoms with Crippen LogP contribution >= 0.6 is 0 Å². The second-order valence-corrected chi connectivity index (χ2v) is 4.34. The zero-order valence-electron chi connectivity index (χ0n) is 12.8. The van der Waals surface area contributed by atoms with E-state index in [4.69, 9.17) is 29.4 Å². The van der Waals surface area contributed by atoms with Crippen molar-refractivity contribution < 1.29 is 23.7 Å². The van der Waals surface area contributed by atoms with Crippen molar-refractivity contribution in [3.63, 3.8) is 0 Å². The van der Waals surface area contributed by atoms with Crippen LogP contribution < -0.4 is 10.5 Å². The molecule has 0 aromatic heterocycles. The van der Waals surface area contributed by atoms with Gasteiger partial charge in [-0.15, -0.1) is 0 Å². The molecule has 0 bridgehead atoms. The van der Waals surface area contributed by atoms with Gasteiger partial charge in [-0.25, -0.2) is 0 Å². The summed E-state index contributed by atoms with van der Waals surface area (Å²) in [6.07, 6.45) is 0. The number of nitrogen functional groups attached to an aromatic ring is 1. The number of nitrogens with two attached hydrogens (primary N) is 1. The Balaban J connectivity index is 2.05. The number of methoxy groups -OCH3 is 2. The van der Waals surface area contributed by atoms with Crippen molar-refractivity contribution in [2.24, 2.45) is 0 Å². The van der Waals surface area contributed by atoms with Gasteiger partial charge in [0.05, 0.1) is 53.4 Å². The normalized spacial score (nSPS) is 10.8. The predicted molar refractivity (Wildman–Crippen MR) is 80.6 cm³/mol. The van der Waals surface area contributed by atoms with Crippen LogP contribution in [0.4, 0.5) is 5.69 Å². The summed E-state index contributed by atoms with van der Waals surface area (Å²) in [6, 6.07) is 5.49. The Labute approximate surface area is 126 Å². The second-order valence-electron chi connectivity index (χ2n) is 4.34. The van der Waals surface area contributed by atoms with E-state index in [0.717, 1.165) is 11.3 Å². The van der Waals surface area contributed by atoms with Gasteiger partial charge in [-0.1, -0.05) is 0 Å². The Morgan fingerprint density at radius 1 is 0.857 bits per heavy atom. The lowest BCUT2D eigenvalue weighted by atomic mass is 10.2. The van der Waals surface area contributed by atoms with Crippen LogP contribution in [0.1, 0.15) is 5.56 Å². The molecule has 0 saturated carbocycles. The van der Waals surface area contributed by atoms with Crippen molar-refractivity contribution in [1.82, 2.24) is 0 Å². The van der Waals surface area contributed by atoms with Crippen LogP contribution in [0.2, 0.25) is 0 Å². The van der Waals surface area contributed by atoms with Gasteiger partial charge in [0, 0.05) is 18.4 Å². The maximum Gasteiger partial charge on any atom is 0.124 e. The van der Waals surface area contributed by atoms with E-state index in [1.807, 2.05) is 12.1 Å². The molecule has 0 fully saturated rings. The average Bonchev–Trinajstić information content (AvgIpc) is 2.49. The van der Waals surface area contributed by atoms with Gasteiger partial charge in [0.2, 0.25) is 0 Å². The third-order valence-electron chi connectivity index (χ3n) is 2.74. The fourth-order valence-electron chi connectivity index (χ4n) is 1.68. The molecule has 0 aliphatic carbocycles. The van der Waals surface area contributed by atoms with Crippen LogP contribution in [0.25, 0.3) is 0 Å². The molecular formula is C15H25NO5. The quantitative estimate of drug-likeness (QED) is 0.465. The molecule has 1 rings (SSSR count). The number of ether oxygens (including phenoxy) is 5. The Bertz CT molecular complexity index is 386. The summed E-state index contributed by atoms with van der Waals surface area (Å²) in [5.41, 5.74) is 7.37. The highest BCUT2D eigenvalue weighted by atomic mass is 16.6. The van der Waals surface area contributed by atoms with E-state index in [2.05, 4.69) is 0 Å². The highest BCUT2D eigenvalue weighted by Crippen LogP contribution is 2.21. The van der Waals surface area contributed by atoms with Crippen LogP contribution in [0.15, 0.2) is 18.2 Å². The van der Waals surface area contributed by atoms with Gasteiger partial charge in [0.15, 0.2) is 0 Å². The summed E-state index contributed by atoms with van der Waals surface area (Å²) in [5.74, 6) is 0.775. The molecule has 0 amide bonds. The minimum atomic E-state index is 0.446. The van der Waals surface area contributed by atoms with Crippen LogP contribution in [0.5, 0.6) is 5.75 Å². The summed E-state index contributed by atoms with van der Waals surface area (Å²) in [4.78, 5) is 0. The van der Waals surface area contributed by atoms with E-state index in [1.165, 1.54) is 0 Å². The molecule has 0 heterocycles. The van der Waals surface area contributed by atoms with Crippen LogP contribution in [0.3, 0.4) is 0 Å². The molecule has 0 unspecified atom stereocenters. The van der Waals surface area contributed by atoms with E-state index in [1.54, 1.807) is 20.3 Å². The molecule has 120 valence electrons. The van der Waals surface area contributed by atoms with Gasteiger partial charge in [0.1, 0.15) is 5.75 Å². The Morgan fingerprint density at radius 3 is 2.10 bits per heavy atom. The first kappa shape index (κ1) is 17.7. The standard InChI is InChI=1S/C15H25NO5/c1-17-5-6-19-7-8-20-9-10-21-12-13-11-14(16)3-4-15(13)18-2/h3-4,11H,5-10,12,16H2,1-2H3. The summed E-state index contributed by atoms with van der Waals surface area (Å²) >= 11 is 0. The summed E-state index contributed by atoms with van der Waals surface area (Å²) in [6.45, 7) is 3.79. The van der Waals surface area contributed by atoms with Crippen molar-refractivity contribution in [2.45, 2.75) is 6.61 Å². The minimum Gasteiger partial charge on any atom is -0.496 e. The molecule has 1 aromatic rings. The number of benzene rings is 1. The topological polar surface area (TPSA) is 72.2 Å². The first-order chi connectivity index (χ1) is 10.3. The Kier molecular flexibility index (Phi) is 9.56. The number of hydrogen-bond donors (Lipinski definition) is 1. The van der Waals surface area contributed by atoms with E-state index in [0.29, 0.717) is 51.9 Å². The summed E-state index contributed by atoms with van der Waals surface area (Å²) in [5, 5.41) is 0. The third-order valence-corrected chi connectivity index (χ3v) is 2.74. The van der Waals surface area contributed by atoms with E-state index in [-0.39, 0.29) is 0 Å². The van der Waals surface area contributed by atoms with Gasteiger partial charge in [-0.3, -0.25) is 0 Å². The Morgan fingerprint density at radius 2 is 1.48 bits per heavy atom. The smallest absolute Gasteiger partial charge is 0.124 e. The number of anilines is 1. The molecule has 21 heavy (non-hydrogen) atoms. The van der Waals surface area contributed by atoms with Gasteiger partial charge in [0.25, 0.3) is 0 Å². The van der Waals surface area contributed by atoms with Crippen LogP contribution in [-0.2, 0) is 25.6 Å². The molecule has 2 N–H and O–H groups in total. The fraction of sp³-hybridized carbons (Fsp3) is 0.600. The van der Waals surface area contributed by atoms with Crippen LogP contribution in [0, 0.1) is 0 Å². The Hall–Kier alpha value is -1.34. The minimum absolute atomic E-state index is 0.446. The van der Waals surface area contributed by atoms with Crippen molar-refractivity contribution in [3.05, 3.63) is 23.8 Å². The first-order valence-electron chi connectivity index (χ1n) is 6.92. The molecular weight excluding hydrogens is 274 g/mol. The van der Waals surface area contributed by atoms with Crippen molar-refractivity contribution in [2.75, 3.05) is 59.6 Å². The van der Waals surface area contributed by atoms with E-state index in [9.17, 15) is 0 Å². The van der Waals surface area contributed by atoms with Crippen molar-refractivity contribution >= 4 is 5.69 Å². The monoisotopic (exact) mass is 299 g/mol. The highest BCUT2D eigenvalue weighted by molar-refractivity contribution is 5.47. The lowest BCUT2D eigenvalue weighted by molar-refractivity contribution is 0.000675. The van der Waals surface area contributed by atoms with Crippen LogP contribution in [-0.4, -0.2) is 53.9 Å². The highest BCUT2D eigenvalue weighted by Gasteiger charge is 2.03. The number of rotatable bonds is 12. The van der Waals surface area contributed by atoms with Crippen molar-refractivity contribution in [1.29, 1.82) is 0 Å². The molecule has 0 aliphatic rings. The second kappa shape index (κ2) is 11.3. The molecule has 6 heteroatoms. The van der Waals surface area contributed by atoms with Gasteiger partial charge < -0.3 is 29.4 Å². The molecule has 0 atom stereocenters. The lowest BCUT2D eigenvalue weighted by Crippen LogP contribution is -2.11. The fourth-order valence-corrected chi connectivity index (χ4v) is 1.68. The SMILES string of the molecule is COCCOCCOCCOCc1cc(N)ccc1OC.